The SMILES string of the molecule is CCC(Cl)CNC(=O)c1ccc(F)c(OC)c1. The van der Waals surface area contributed by atoms with Crippen molar-refractivity contribution in [3.8, 4) is 5.75 Å². The highest BCUT2D eigenvalue weighted by atomic mass is 35.5. The molecule has 0 aromatic heterocycles. The van der Waals surface area contributed by atoms with Crippen LogP contribution in [0.1, 0.15) is 23.7 Å². The highest BCUT2D eigenvalue weighted by molar-refractivity contribution is 6.20. The second-order valence-electron chi connectivity index (χ2n) is 3.56. The maximum atomic E-state index is 13.1. The second kappa shape index (κ2) is 6.45. The molecule has 0 bridgehead atoms. The van der Waals surface area contributed by atoms with Gasteiger partial charge in [0.2, 0.25) is 0 Å². The molecule has 3 nitrogen and oxygen atoms in total. The minimum absolute atomic E-state index is 0.0514. The van der Waals surface area contributed by atoms with Gasteiger partial charge >= 0.3 is 0 Å². The van der Waals surface area contributed by atoms with Crippen molar-refractivity contribution in [1.29, 1.82) is 0 Å². The molecule has 1 N–H and O–H groups in total. The summed E-state index contributed by atoms with van der Waals surface area (Å²) >= 11 is 5.88. The standard InChI is InChI=1S/C12H15ClFNO2/c1-3-9(13)7-15-12(16)8-4-5-10(14)11(6-8)17-2/h4-6,9H,3,7H2,1-2H3,(H,15,16). The fourth-order valence-electron chi connectivity index (χ4n) is 1.25. The molecule has 0 aliphatic rings. The van der Waals surface area contributed by atoms with Crippen LogP contribution in [0.5, 0.6) is 5.75 Å². The molecular weight excluding hydrogens is 245 g/mol. The molecule has 0 fully saturated rings. The number of hydrogen-bond donors (Lipinski definition) is 1. The van der Waals surface area contributed by atoms with Gasteiger partial charge < -0.3 is 10.1 Å². The van der Waals surface area contributed by atoms with Crippen LogP contribution in [0.2, 0.25) is 0 Å². The molecule has 1 aromatic carbocycles. The Balaban J connectivity index is 2.69. The van der Waals surface area contributed by atoms with E-state index in [0.717, 1.165) is 6.42 Å². The van der Waals surface area contributed by atoms with Gasteiger partial charge in [0, 0.05) is 12.1 Å². The van der Waals surface area contributed by atoms with Crippen molar-refractivity contribution < 1.29 is 13.9 Å². The van der Waals surface area contributed by atoms with Gasteiger partial charge in [-0.05, 0) is 24.6 Å². The zero-order valence-electron chi connectivity index (χ0n) is 9.80. The van der Waals surface area contributed by atoms with Gasteiger partial charge in [-0.3, -0.25) is 4.79 Å². The minimum atomic E-state index is -0.493. The van der Waals surface area contributed by atoms with E-state index in [-0.39, 0.29) is 17.0 Å². The number of methoxy groups -OCH3 is 1. The number of hydrogen-bond acceptors (Lipinski definition) is 2. The van der Waals surface area contributed by atoms with Gasteiger partial charge in [-0.25, -0.2) is 4.39 Å². The normalized spacial score (nSPS) is 12.0. The van der Waals surface area contributed by atoms with Crippen LogP contribution in [0.15, 0.2) is 18.2 Å². The fraction of sp³-hybridized carbons (Fsp3) is 0.417. The molecule has 0 aliphatic carbocycles. The second-order valence-corrected chi connectivity index (χ2v) is 4.18. The van der Waals surface area contributed by atoms with Crippen molar-refractivity contribution >= 4 is 17.5 Å². The molecule has 0 heterocycles. The van der Waals surface area contributed by atoms with Crippen molar-refractivity contribution in [1.82, 2.24) is 5.32 Å². The molecule has 94 valence electrons. The molecule has 1 rings (SSSR count). The first-order valence-electron chi connectivity index (χ1n) is 5.34. The fourth-order valence-corrected chi connectivity index (χ4v) is 1.33. The summed E-state index contributed by atoms with van der Waals surface area (Å²) in [5.74, 6) is -0.731. The van der Waals surface area contributed by atoms with Crippen LogP contribution in [-0.2, 0) is 0 Å². The van der Waals surface area contributed by atoms with Crippen LogP contribution in [0, 0.1) is 5.82 Å². The Morgan fingerprint density at radius 1 is 1.59 bits per heavy atom. The number of carbonyl (C=O) groups excluding carboxylic acids is 1. The molecule has 1 aromatic rings. The molecule has 0 spiro atoms. The Labute approximate surface area is 105 Å². The summed E-state index contributed by atoms with van der Waals surface area (Å²) in [4.78, 5) is 11.7. The highest BCUT2D eigenvalue weighted by Crippen LogP contribution is 2.18. The van der Waals surface area contributed by atoms with E-state index in [1.165, 1.54) is 25.3 Å². The van der Waals surface area contributed by atoms with Gasteiger partial charge in [-0.15, -0.1) is 11.6 Å². The Morgan fingerprint density at radius 2 is 2.29 bits per heavy atom. The number of ether oxygens (including phenoxy) is 1. The first-order valence-corrected chi connectivity index (χ1v) is 5.78. The summed E-state index contributed by atoms with van der Waals surface area (Å²) in [6, 6.07) is 3.97. The van der Waals surface area contributed by atoms with E-state index in [4.69, 9.17) is 16.3 Å². The number of halogens is 2. The molecule has 1 atom stereocenters. The topological polar surface area (TPSA) is 38.3 Å². The maximum Gasteiger partial charge on any atom is 0.251 e. The summed E-state index contributed by atoms with van der Waals surface area (Å²) in [6.07, 6.45) is 0.772. The van der Waals surface area contributed by atoms with Gasteiger partial charge in [0.05, 0.1) is 12.5 Å². The first kappa shape index (κ1) is 13.8. The van der Waals surface area contributed by atoms with Crippen LogP contribution in [0.3, 0.4) is 0 Å². The van der Waals surface area contributed by atoms with E-state index in [1.807, 2.05) is 6.92 Å². The Bertz CT molecular complexity index is 398. The van der Waals surface area contributed by atoms with E-state index < -0.39 is 5.82 Å². The average molecular weight is 260 g/mol. The number of rotatable bonds is 5. The van der Waals surface area contributed by atoms with Gasteiger partial charge in [-0.2, -0.15) is 0 Å². The van der Waals surface area contributed by atoms with E-state index in [9.17, 15) is 9.18 Å². The van der Waals surface area contributed by atoms with Crippen LogP contribution in [0.25, 0.3) is 0 Å². The summed E-state index contributed by atoms with van der Waals surface area (Å²) in [5.41, 5.74) is 0.350. The third kappa shape index (κ3) is 3.89. The molecule has 17 heavy (non-hydrogen) atoms. The van der Waals surface area contributed by atoms with Crippen molar-refractivity contribution in [2.45, 2.75) is 18.7 Å². The van der Waals surface area contributed by atoms with Crippen molar-refractivity contribution in [3.63, 3.8) is 0 Å². The van der Waals surface area contributed by atoms with Crippen LogP contribution >= 0.6 is 11.6 Å². The molecule has 0 saturated heterocycles. The number of carbonyl (C=O) groups is 1. The van der Waals surface area contributed by atoms with Gasteiger partial charge in [-0.1, -0.05) is 6.92 Å². The van der Waals surface area contributed by atoms with Gasteiger partial charge in [0.15, 0.2) is 11.6 Å². The van der Waals surface area contributed by atoms with Crippen molar-refractivity contribution in [2.75, 3.05) is 13.7 Å². The van der Waals surface area contributed by atoms with Crippen molar-refractivity contribution in [2.24, 2.45) is 0 Å². The Hall–Kier alpha value is -1.29. The number of amides is 1. The van der Waals surface area contributed by atoms with Gasteiger partial charge in [0.1, 0.15) is 0 Å². The van der Waals surface area contributed by atoms with Crippen LogP contribution in [-0.4, -0.2) is 24.9 Å². The minimum Gasteiger partial charge on any atom is -0.494 e. The Morgan fingerprint density at radius 3 is 2.88 bits per heavy atom. The maximum absolute atomic E-state index is 13.1. The van der Waals surface area contributed by atoms with E-state index >= 15 is 0 Å². The van der Waals surface area contributed by atoms with E-state index in [1.54, 1.807) is 0 Å². The summed E-state index contributed by atoms with van der Waals surface area (Å²) in [7, 11) is 1.35. The molecule has 0 aliphatic heterocycles. The lowest BCUT2D eigenvalue weighted by Gasteiger charge is -2.09. The molecule has 5 heteroatoms. The third-order valence-corrected chi connectivity index (χ3v) is 2.80. The predicted octanol–water partition coefficient (Wildman–Crippen LogP) is 2.58. The van der Waals surface area contributed by atoms with Gasteiger partial charge in [0.25, 0.3) is 5.91 Å². The summed E-state index contributed by atoms with van der Waals surface area (Å²) in [5, 5.41) is 2.58. The number of nitrogens with one attached hydrogen (secondary N) is 1. The van der Waals surface area contributed by atoms with E-state index in [0.29, 0.717) is 12.1 Å². The number of alkyl halides is 1. The van der Waals surface area contributed by atoms with Crippen molar-refractivity contribution in [3.05, 3.63) is 29.6 Å². The largest absolute Gasteiger partial charge is 0.494 e. The monoisotopic (exact) mass is 259 g/mol. The molecule has 0 saturated carbocycles. The smallest absolute Gasteiger partial charge is 0.251 e. The molecule has 1 unspecified atom stereocenters. The molecule has 1 amide bonds. The number of benzene rings is 1. The first-order chi connectivity index (χ1) is 8.08. The third-order valence-electron chi connectivity index (χ3n) is 2.34. The zero-order chi connectivity index (χ0) is 12.8. The zero-order valence-corrected chi connectivity index (χ0v) is 10.6. The molecular formula is C12H15ClFNO2. The van der Waals surface area contributed by atoms with Crippen LogP contribution < -0.4 is 10.1 Å². The quantitative estimate of drug-likeness (QED) is 0.826. The Kier molecular flexibility index (Phi) is 5.22. The summed E-state index contributed by atoms with van der Waals surface area (Å²) in [6.45, 7) is 2.32. The van der Waals surface area contributed by atoms with E-state index in [2.05, 4.69) is 5.32 Å². The lowest BCUT2D eigenvalue weighted by Crippen LogP contribution is -2.29. The lowest BCUT2D eigenvalue weighted by atomic mass is 10.2. The average Bonchev–Trinajstić information content (AvgIpc) is 2.35. The summed E-state index contributed by atoms with van der Waals surface area (Å²) < 4.78 is 17.9. The van der Waals surface area contributed by atoms with Crippen LogP contribution in [0.4, 0.5) is 4.39 Å². The highest BCUT2D eigenvalue weighted by Gasteiger charge is 2.11. The molecule has 0 radical (unpaired) electrons. The predicted molar refractivity (Wildman–Crippen MR) is 65.2 cm³/mol. The lowest BCUT2D eigenvalue weighted by molar-refractivity contribution is 0.0953.